The van der Waals surface area contributed by atoms with E-state index in [9.17, 15) is 15.2 Å². The van der Waals surface area contributed by atoms with Crippen LogP contribution in [0.2, 0.25) is 0 Å². The molecule has 0 bridgehead atoms. The van der Waals surface area contributed by atoms with Crippen molar-refractivity contribution in [3.05, 3.63) is 28.3 Å². The van der Waals surface area contributed by atoms with Crippen molar-refractivity contribution in [2.75, 3.05) is 24.6 Å². The van der Waals surface area contributed by atoms with E-state index in [1.165, 1.54) is 12.1 Å². The number of nitrogens with zero attached hydrogens (tertiary/aromatic N) is 2. The van der Waals surface area contributed by atoms with Gasteiger partial charge >= 0.3 is 0 Å². The summed E-state index contributed by atoms with van der Waals surface area (Å²) >= 11 is 0. The highest BCUT2D eigenvalue weighted by Gasteiger charge is 2.40. The Morgan fingerprint density at radius 1 is 1.40 bits per heavy atom. The van der Waals surface area contributed by atoms with Crippen molar-refractivity contribution >= 4 is 11.4 Å². The van der Waals surface area contributed by atoms with Gasteiger partial charge in [-0.1, -0.05) is 13.8 Å². The Morgan fingerprint density at radius 2 is 2.10 bits per heavy atom. The Balaban J connectivity index is 2.20. The summed E-state index contributed by atoms with van der Waals surface area (Å²) in [5.74, 6) is 0.503. The minimum atomic E-state index is -0.672. The van der Waals surface area contributed by atoms with Crippen molar-refractivity contribution in [3.8, 4) is 5.75 Å². The van der Waals surface area contributed by atoms with Crippen molar-refractivity contribution in [2.45, 2.75) is 32.3 Å². The number of benzene rings is 1. The second kappa shape index (κ2) is 5.66. The molecule has 1 heterocycles. The van der Waals surface area contributed by atoms with E-state index >= 15 is 0 Å². The summed E-state index contributed by atoms with van der Waals surface area (Å²) in [6.45, 7) is 5.44. The van der Waals surface area contributed by atoms with Crippen LogP contribution in [0.5, 0.6) is 5.75 Å². The van der Waals surface area contributed by atoms with Gasteiger partial charge in [0, 0.05) is 30.9 Å². The van der Waals surface area contributed by atoms with E-state index in [4.69, 9.17) is 4.74 Å². The number of hydrogen-bond acceptors (Lipinski definition) is 5. The van der Waals surface area contributed by atoms with Gasteiger partial charge in [0.25, 0.3) is 5.69 Å². The number of nitro benzene ring substituents is 1. The summed E-state index contributed by atoms with van der Waals surface area (Å²) in [5, 5.41) is 21.0. The van der Waals surface area contributed by atoms with Gasteiger partial charge in [0.05, 0.1) is 23.2 Å². The smallest absolute Gasteiger partial charge is 0.275 e. The van der Waals surface area contributed by atoms with Crippen LogP contribution in [0.4, 0.5) is 11.4 Å². The number of hydrogen-bond donors (Lipinski definition) is 1. The highest BCUT2D eigenvalue weighted by atomic mass is 16.6. The van der Waals surface area contributed by atoms with Crippen LogP contribution in [-0.4, -0.2) is 35.3 Å². The maximum absolute atomic E-state index is 11.0. The second-order valence-electron chi connectivity index (χ2n) is 5.22. The Hall–Kier alpha value is -1.82. The summed E-state index contributed by atoms with van der Waals surface area (Å²) in [7, 11) is 0. The molecule has 0 aliphatic carbocycles. The monoisotopic (exact) mass is 280 g/mol. The van der Waals surface area contributed by atoms with Gasteiger partial charge in [-0.05, 0) is 12.8 Å². The Labute approximate surface area is 118 Å². The van der Waals surface area contributed by atoms with Crippen LogP contribution in [0.25, 0.3) is 0 Å². The molecule has 0 saturated carbocycles. The molecule has 1 aliphatic rings. The van der Waals surface area contributed by atoms with E-state index in [1.807, 2.05) is 18.7 Å². The fourth-order valence-electron chi connectivity index (χ4n) is 2.23. The first kappa shape index (κ1) is 14.6. The minimum Gasteiger partial charge on any atom is -0.493 e. The SMILES string of the molecule is CCCOc1cc(N2CC(O)(CC)C2)cc([N+](=O)[O-])c1. The first-order valence-corrected chi connectivity index (χ1v) is 6.87. The van der Waals surface area contributed by atoms with Crippen LogP contribution in [0.1, 0.15) is 26.7 Å². The van der Waals surface area contributed by atoms with E-state index in [0.717, 1.165) is 12.1 Å². The third kappa shape index (κ3) is 3.01. The lowest BCUT2D eigenvalue weighted by atomic mass is 9.91. The fraction of sp³-hybridized carbons (Fsp3) is 0.571. The molecule has 2 rings (SSSR count). The van der Waals surface area contributed by atoms with Crippen LogP contribution in [0.3, 0.4) is 0 Å². The van der Waals surface area contributed by atoms with Crippen LogP contribution >= 0.6 is 0 Å². The van der Waals surface area contributed by atoms with E-state index in [2.05, 4.69) is 0 Å². The molecule has 1 aromatic carbocycles. The molecule has 0 atom stereocenters. The summed E-state index contributed by atoms with van der Waals surface area (Å²) in [5.41, 5.74) is 0.0682. The predicted molar refractivity (Wildman–Crippen MR) is 76.3 cm³/mol. The number of anilines is 1. The predicted octanol–water partition coefficient (Wildman–Crippen LogP) is 2.34. The van der Waals surface area contributed by atoms with Gasteiger partial charge in [-0.2, -0.15) is 0 Å². The van der Waals surface area contributed by atoms with Crippen molar-refractivity contribution in [2.24, 2.45) is 0 Å². The number of ether oxygens (including phenoxy) is 1. The number of aliphatic hydroxyl groups is 1. The molecule has 1 aliphatic heterocycles. The third-order valence-corrected chi connectivity index (χ3v) is 3.55. The van der Waals surface area contributed by atoms with Crippen molar-refractivity contribution in [1.82, 2.24) is 0 Å². The van der Waals surface area contributed by atoms with Crippen LogP contribution in [0, 0.1) is 10.1 Å². The molecule has 1 N–H and O–H groups in total. The van der Waals surface area contributed by atoms with Gasteiger partial charge < -0.3 is 14.7 Å². The Bertz CT molecular complexity index is 498. The van der Waals surface area contributed by atoms with Gasteiger partial charge in [-0.25, -0.2) is 0 Å². The van der Waals surface area contributed by atoms with E-state index in [0.29, 0.717) is 31.9 Å². The molecule has 0 amide bonds. The third-order valence-electron chi connectivity index (χ3n) is 3.55. The highest BCUT2D eigenvalue weighted by Crippen LogP contribution is 2.34. The van der Waals surface area contributed by atoms with Gasteiger partial charge in [-0.15, -0.1) is 0 Å². The van der Waals surface area contributed by atoms with Crippen LogP contribution < -0.4 is 9.64 Å². The molecule has 110 valence electrons. The topological polar surface area (TPSA) is 75.8 Å². The summed E-state index contributed by atoms with van der Waals surface area (Å²) < 4.78 is 5.49. The Morgan fingerprint density at radius 3 is 2.65 bits per heavy atom. The minimum absolute atomic E-state index is 0.0144. The molecule has 6 heteroatoms. The molecule has 1 fully saturated rings. The zero-order chi connectivity index (χ0) is 14.8. The molecule has 1 aromatic rings. The molecular weight excluding hydrogens is 260 g/mol. The van der Waals surface area contributed by atoms with Crippen molar-refractivity contribution in [3.63, 3.8) is 0 Å². The number of non-ortho nitro benzene ring substituents is 1. The maximum Gasteiger partial charge on any atom is 0.275 e. The lowest BCUT2D eigenvalue weighted by Gasteiger charge is -2.47. The zero-order valence-corrected chi connectivity index (χ0v) is 11.8. The first-order chi connectivity index (χ1) is 9.47. The molecule has 0 spiro atoms. The number of rotatable bonds is 6. The molecule has 0 aromatic heterocycles. The van der Waals surface area contributed by atoms with Crippen LogP contribution in [-0.2, 0) is 0 Å². The number of nitro groups is 1. The van der Waals surface area contributed by atoms with E-state index in [-0.39, 0.29) is 5.69 Å². The van der Waals surface area contributed by atoms with E-state index < -0.39 is 10.5 Å². The largest absolute Gasteiger partial charge is 0.493 e. The quantitative estimate of drug-likeness (QED) is 0.639. The van der Waals surface area contributed by atoms with Crippen molar-refractivity contribution < 1.29 is 14.8 Å². The Kier molecular flexibility index (Phi) is 4.13. The fourth-order valence-corrected chi connectivity index (χ4v) is 2.23. The summed E-state index contributed by atoms with van der Waals surface area (Å²) in [6, 6.07) is 4.75. The summed E-state index contributed by atoms with van der Waals surface area (Å²) in [4.78, 5) is 12.5. The molecule has 20 heavy (non-hydrogen) atoms. The molecule has 1 saturated heterocycles. The average molecular weight is 280 g/mol. The molecule has 0 unspecified atom stereocenters. The highest BCUT2D eigenvalue weighted by molar-refractivity contribution is 5.60. The van der Waals surface area contributed by atoms with Gasteiger partial charge in [-0.3, -0.25) is 10.1 Å². The lowest BCUT2D eigenvalue weighted by Crippen LogP contribution is -2.61. The first-order valence-electron chi connectivity index (χ1n) is 6.87. The molecular formula is C14H20N2O4. The number of β-amino-alcohol motifs (C(OH)–C–C–N with tert-alkyl or cyclic N) is 1. The molecule has 6 nitrogen and oxygen atoms in total. The normalized spacial score (nSPS) is 16.6. The zero-order valence-electron chi connectivity index (χ0n) is 11.8. The van der Waals surface area contributed by atoms with Gasteiger partial charge in [0.15, 0.2) is 0 Å². The maximum atomic E-state index is 11.0. The van der Waals surface area contributed by atoms with Crippen molar-refractivity contribution in [1.29, 1.82) is 0 Å². The second-order valence-corrected chi connectivity index (χ2v) is 5.22. The van der Waals surface area contributed by atoms with E-state index in [1.54, 1.807) is 6.07 Å². The standard InChI is InChI=1S/C14H20N2O4/c1-3-5-20-13-7-11(6-12(8-13)16(18)19)15-9-14(17,4-2)10-15/h6-8,17H,3-5,9-10H2,1-2H3. The average Bonchev–Trinajstić information content (AvgIpc) is 2.41. The molecule has 0 radical (unpaired) electrons. The van der Waals surface area contributed by atoms with Gasteiger partial charge in [0.2, 0.25) is 0 Å². The summed E-state index contributed by atoms with van der Waals surface area (Å²) in [6.07, 6.45) is 1.52. The van der Waals surface area contributed by atoms with Gasteiger partial charge in [0.1, 0.15) is 5.75 Å². The lowest BCUT2D eigenvalue weighted by molar-refractivity contribution is -0.384. The van der Waals surface area contributed by atoms with Crippen LogP contribution in [0.15, 0.2) is 18.2 Å².